The summed E-state index contributed by atoms with van der Waals surface area (Å²) in [4.78, 5) is 4.63. The molecule has 0 spiro atoms. The zero-order chi connectivity index (χ0) is 14.7. The number of benzene rings is 1. The quantitative estimate of drug-likeness (QED) is 0.782. The lowest BCUT2D eigenvalue weighted by atomic mass is 10.1. The highest BCUT2D eigenvalue weighted by atomic mass is 16.5. The summed E-state index contributed by atoms with van der Waals surface area (Å²) in [7, 11) is 1.86. The van der Waals surface area contributed by atoms with Crippen molar-refractivity contribution in [3.8, 4) is 11.6 Å². The Labute approximate surface area is 123 Å². The fourth-order valence-electron chi connectivity index (χ4n) is 2.18. The SMILES string of the molecule is CCNCc1cc2ccccc2nc1Oc1cnn(C)c1. The van der Waals surface area contributed by atoms with E-state index in [2.05, 4.69) is 34.5 Å². The highest BCUT2D eigenvalue weighted by Crippen LogP contribution is 2.26. The van der Waals surface area contributed by atoms with Crippen LogP contribution in [-0.2, 0) is 13.6 Å². The first-order chi connectivity index (χ1) is 10.3. The van der Waals surface area contributed by atoms with Crippen molar-refractivity contribution in [2.24, 2.45) is 7.05 Å². The molecule has 0 aliphatic carbocycles. The smallest absolute Gasteiger partial charge is 0.224 e. The summed E-state index contributed by atoms with van der Waals surface area (Å²) in [6.45, 7) is 3.71. The molecule has 1 N–H and O–H groups in total. The van der Waals surface area contributed by atoms with Gasteiger partial charge in [0.15, 0.2) is 5.75 Å². The Morgan fingerprint density at radius 2 is 2.14 bits per heavy atom. The van der Waals surface area contributed by atoms with E-state index in [-0.39, 0.29) is 0 Å². The first-order valence-electron chi connectivity index (χ1n) is 7.02. The third-order valence-electron chi connectivity index (χ3n) is 3.22. The van der Waals surface area contributed by atoms with Crippen molar-refractivity contribution in [1.82, 2.24) is 20.1 Å². The van der Waals surface area contributed by atoms with Gasteiger partial charge in [-0.2, -0.15) is 5.10 Å². The molecule has 5 nitrogen and oxygen atoms in total. The maximum absolute atomic E-state index is 5.90. The minimum absolute atomic E-state index is 0.627. The van der Waals surface area contributed by atoms with Gasteiger partial charge in [-0.25, -0.2) is 4.98 Å². The number of para-hydroxylation sites is 1. The summed E-state index contributed by atoms with van der Waals surface area (Å²) >= 11 is 0. The molecule has 0 saturated carbocycles. The van der Waals surface area contributed by atoms with Crippen molar-refractivity contribution in [3.63, 3.8) is 0 Å². The van der Waals surface area contributed by atoms with Gasteiger partial charge in [0.2, 0.25) is 5.88 Å². The summed E-state index contributed by atoms with van der Waals surface area (Å²) in [5, 5.41) is 8.55. The molecule has 0 aliphatic rings. The Morgan fingerprint density at radius 1 is 1.29 bits per heavy atom. The van der Waals surface area contributed by atoms with Gasteiger partial charge in [0.05, 0.1) is 17.9 Å². The molecule has 21 heavy (non-hydrogen) atoms. The molecule has 5 heteroatoms. The molecule has 2 aromatic heterocycles. The minimum Gasteiger partial charge on any atom is -0.435 e. The number of rotatable bonds is 5. The predicted octanol–water partition coefficient (Wildman–Crippen LogP) is 2.87. The lowest BCUT2D eigenvalue weighted by molar-refractivity contribution is 0.455. The Balaban J connectivity index is 2.00. The Bertz CT molecular complexity index is 751. The van der Waals surface area contributed by atoms with E-state index in [4.69, 9.17) is 4.74 Å². The first kappa shape index (κ1) is 13.6. The van der Waals surface area contributed by atoms with Gasteiger partial charge in [0, 0.05) is 24.5 Å². The van der Waals surface area contributed by atoms with E-state index in [1.165, 1.54) is 0 Å². The second kappa shape index (κ2) is 5.93. The molecule has 3 aromatic rings. The lowest BCUT2D eigenvalue weighted by Crippen LogP contribution is -2.13. The van der Waals surface area contributed by atoms with E-state index in [9.17, 15) is 0 Å². The van der Waals surface area contributed by atoms with Crippen LogP contribution in [0.2, 0.25) is 0 Å². The molecule has 0 fully saturated rings. The summed E-state index contributed by atoms with van der Waals surface area (Å²) < 4.78 is 7.61. The van der Waals surface area contributed by atoms with Crippen LogP contribution in [-0.4, -0.2) is 21.3 Å². The standard InChI is InChI=1S/C16H18N4O/c1-3-17-9-13-8-12-6-4-5-7-15(12)19-16(13)21-14-10-18-20(2)11-14/h4-8,10-11,17H,3,9H2,1-2H3. The number of pyridine rings is 1. The molecule has 0 saturated heterocycles. The largest absolute Gasteiger partial charge is 0.435 e. The second-order valence-electron chi connectivity index (χ2n) is 4.88. The van der Waals surface area contributed by atoms with Crippen LogP contribution in [0.1, 0.15) is 12.5 Å². The number of hydrogen-bond donors (Lipinski definition) is 1. The summed E-state index contributed by atoms with van der Waals surface area (Å²) in [6, 6.07) is 10.2. The third kappa shape index (κ3) is 3.03. The maximum Gasteiger partial charge on any atom is 0.224 e. The molecule has 2 heterocycles. The van der Waals surface area contributed by atoms with Crippen molar-refractivity contribution >= 4 is 10.9 Å². The highest BCUT2D eigenvalue weighted by Gasteiger charge is 2.10. The van der Waals surface area contributed by atoms with Crippen LogP contribution < -0.4 is 10.1 Å². The number of hydrogen-bond acceptors (Lipinski definition) is 4. The maximum atomic E-state index is 5.90. The van der Waals surface area contributed by atoms with Crippen molar-refractivity contribution in [2.45, 2.75) is 13.5 Å². The van der Waals surface area contributed by atoms with E-state index in [1.54, 1.807) is 10.9 Å². The monoisotopic (exact) mass is 282 g/mol. The van der Waals surface area contributed by atoms with Gasteiger partial charge in [-0.1, -0.05) is 25.1 Å². The lowest BCUT2D eigenvalue weighted by Gasteiger charge is -2.11. The zero-order valence-corrected chi connectivity index (χ0v) is 12.2. The van der Waals surface area contributed by atoms with Crippen LogP contribution in [0.4, 0.5) is 0 Å². The van der Waals surface area contributed by atoms with Crippen molar-refractivity contribution in [2.75, 3.05) is 6.54 Å². The van der Waals surface area contributed by atoms with Gasteiger partial charge in [0.1, 0.15) is 0 Å². The van der Waals surface area contributed by atoms with Gasteiger partial charge >= 0.3 is 0 Å². The molecule has 1 aromatic carbocycles. The normalized spacial score (nSPS) is 11.0. The topological polar surface area (TPSA) is 52.0 Å². The molecule has 0 radical (unpaired) electrons. The summed E-state index contributed by atoms with van der Waals surface area (Å²) in [6.07, 6.45) is 3.52. The van der Waals surface area contributed by atoms with Gasteiger partial charge < -0.3 is 10.1 Å². The van der Waals surface area contributed by atoms with E-state index in [1.807, 2.05) is 31.4 Å². The molecule has 0 aliphatic heterocycles. The van der Waals surface area contributed by atoms with Crippen molar-refractivity contribution < 1.29 is 4.74 Å². The van der Waals surface area contributed by atoms with Crippen molar-refractivity contribution in [3.05, 3.63) is 48.3 Å². The fraction of sp³-hybridized carbons (Fsp3) is 0.250. The number of nitrogens with one attached hydrogen (secondary N) is 1. The number of aromatic nitrogens is 3. The average Bonchev–Trinajstić information content (AvgIpc) is 2.90. The van der Waals surface area contributed by atoms with Crippen LogP contribution in [0.5, 0.6) is 11.6 Å². The third-order valence-corrected chi connectivity index (χ3v) is 3.22. The highest BCUT2D eigenvalue weighted by molar-refractivity contribution is 5.80. The van der Waals surface area contributed by atoms with Gasteiger partial charge in [0.25, 0.3) is 0 Å². The number of fused-ring (bicyclic) bond motifs is 1. The average molecular weight is 282 g/mol. The molecule has 0 bridgehead atoms. The van der Waals surface area contributed by atoms with Crippen molar-refractivity contribution in [1.29, 1.82) is 0 Å². The van der Waals surface area contributed by atoms with Crippen LogP contribution in [0.15, 0.2) is 42.7 Å². The van der Waals surface area contributed by atoms with E-state index in [0.29, 0.717) is 11.6 Å². The van der Waals surface area contributed by atoms with Crippen LogP contribution in [0, 0.1) is 0 Å². The molecule has 0 atom stereocenters. The van der Waals surface area contributed by atoms with E-state index in [0.717, 1.165) is 29.6 Å². The van der Waals surface area contributed by atoms with Crippen LogP contribution >= 0.6 is 0 Å². The molecule has 108 valence electrons. The molecule has 0 unspecified atom stereocenters. The van der Waals surface area contributed by atoms with E-state index >= 15 is 0 Å². The molecule has 0 amide bonds. The van der Waals surface area contributed by atoms with Crippen LogP contribution in [0.25, 0.3) is 10.9 Å². The fourth-order valence-corrected chi connectivity index (χ4v) is 2.18. The Morgan fingerprint density at radius 3 is 2.90 bits per heavy atom. The second-order valence-corrected chi connectivity index (χ2v) is 4.88. The summed E-state index contributed by atoms with van der Waals surface area (Å²) in [5.74, 6) is 1.32. The van der Waals surface area contributed by atoms with Gasteiger partial charge in [-0.3, -0.25) is 4.68 Å². The molecular formula is C16H18N4O. The Kier molecular flexibility index (Phi) is 3.83. The molecular weight excluding hydrogens is 264 g/mol. The predicted molar refractivity (Wildman–Crippen MR) is 82.4 cm³/mol. The Hall–Kier alpha value is -2.40. The summed E-state index contributed by atoms with van der Waals surface area (Å²) in [5.41, 5.74) is 1.97. The number of nitrogens with zero attached hydrogens (tertiary/aromatic N) is 3. The van der Waals surface area contributed by atoms with Gasteiger partial charge in [-0.15, -0.1) is 0 Å². The van der Waals surface area contributed by atoms with E-state index < -0.39 is 0 Å². The number of ether oxygens (including phenoxy) is 1. The minimum atomic E-state index is 0.627. The number of aryl methyl sites for hydroxylation is 1. The first-order valence-corrected chi connectivity index (χ1v) is 7.02. The van der Waals surface area contributed by atoms with Gasteiger partial charge in [-0.05, 0) is 18.7 Å². The molecule has 3 rings (SSSR count). The zero-order valence-electron chi connectivity index (χ0n) is 12.2. The van der Waals surface area contributed by atoms with Crippen LogP contribution in [0.3, 0.4) is 0 Å².